The topological polar surface area (TPSA) is 59.1 Å². The number of nitrogens with zero attached hydrogens (tertiary/aromatic N) is 1. The highest BCUT2D eigenvalue weighted by atomic mass is 19.1. The molecule has 18 heavy (non-hydrogen) atoms. The molecule has 0 aromatic carbocycles. The van der Waals surface area contributed by atoms with Crippen molar-refractivity contribution in [1.29, 1.82) is 0 Å². The average Bonchev–Trinajstić information content (AvgIpc) is 2.89. The van der Waals surface area contributed by atoms with E-state index < -0.39 is 5.60 Å². The van der Waals surface area contributed by atoms with Crippen LogP contribution in [0.1, 0.15) is 44.7 Å². The van der Waals surface area contributed by atoms with E-state index in [1.165, 1.54) is 6.07 Å². The molecule has 1 atom stereocenters. The Morgan fingerprint density at radius 1 is 1.44 bits per heavy atom. The third kappa shape index (κ3) is 1.93. The summed E-state index contributed by atoms with van der Waals surface area (Å²) in [4.78, 5) is 4.08. The zero-order chi connectivity index (χ0) is 13.2. The van der Waals surface area contributed by atoms with Crippen molar-refractivity contribution in [2.24, 2.45) is 11.1 Å². The highest BCUT2D eigenvalue weighted by Crippen LogP contribution is 2.51. The Hall–Kier alpha value is -1.00. The Labute approximate surface area is 107 Å². The molecule has 1 saturated carbocycles. The van der Waals surface area contributed by atoms with Crippen LogP contribution in [0.3, 0.4) is 0 Å². The van der Waals surface area contributed by atoms with Crippen LogP contribution in [-0.2, 0) is 5.60 Å². The minimum absolute atomic E-state index is 0.313. The molecule has 3 nitrogen and oxygen atoms in total. The molecule has 1 fully saturated rings. The molecule has 1 heterocycles. The molecule has 1 aliphatic carbocycles. The lowest BCUT2D eigenvalue weighted by Crippen LogP contribution is -2.49. The van der Waals surface area contributed by atoms with Gasteiger partial charge in [0.2, 0.25) is 0 Å². The smallest absolute Gasteiger partial charge is 0.141 e. The van der Waals surface area contributed by atoms with E-state index in [2.05, 4.69) is 4.98 Å². The van der Waals surface area contributed by atoms with Gasteiger partial charge in [0.1, 0.15) is 11.4 Å². The van der Waals surface area contributed by atoms with E-state index in [1.54, 1.807) is 6.07 Å². The zero-order valence-corrected chi connectivity index (χ0v) is 10.8. The first kappa shape index (κ1) is 13.4. The van der Waals surface area contributed by atoms with Gasteiger partial charge >= 0.3 is 0 Å². The van der Waals surface area contributed by atoms with Crippen LogP contribution in [0.25, 0.3) is 0 Å². The summed E-state index contributed by atoms with van der Waals surface area (Å²) in [5.74, 6) is -0.384. The Morgan fingerprint density at radius 3 is 2.56 bits per heavy atom. The van der Waals surface area contributed by atoms with Crippen LogP contribution in [0, 0.1) is 11.2 Å². The van der Waals surface area contributed by atoms with E-state index in [0.717, 1.165) is 31.9 Å². The van der Waals surface area contributed by atoms with Gasteiger partial charge in [-0.2, -0.15) is 0 Å². The second kappa shape index (κ2) is 4.94. The fraction of sp³-hybridized carbons (Fsp3) is 0.643. The number of hydrogen-bond donors (Lipinski definition) is 2. The Balaban J connectivity index is 2.43. The summed E-state index contributed by atoms with van der Waals surface area (Å²) in [5.41, 5.74) is 5.11. The van der Waals surface area contributed by atoms with Gasteiger partial charge < -0.3 is 10.8 Å². The van der Waals surface area contributed by atoms with E-state index >= 15 is 0 Å². The Morgan fingerprint density at radius 2 is 2.11 bits per heavy atom. The fourth-order valence-corrected chi connectivity index (χ4v) is 3.29. The Bertz CT molecular complexity index is 401. The number of halogens is 1. The normalized spacial score (nSPS) is 21.8. The van der Waals surface area contributed by atoms with E-state index in [9.17, 15) is 9.50 Å². The molecule has 4 heteroatoms. The number of aromatic nitrogens is 1. The maximum atomic E-state index is 13.0. The molecule has 0 saturated heterocycles. The predicted molar refractivity (Wildman–Crippen MR) is 68.3 cm³/mol. The molecule has 1 aromatic rings. The standard InChI is InChI=1S/C14H21FN2O/c1-2-14(18,12-6-5-11(15)9-17-12)13(10-16)7-3-4-8-13/h5-6,9,18H,2-4,7-8,10,16H2,1H3. The lowest BCUT2D eigenvalue weighted by Gasteiger charge is -2.43. The van der Waals surface area contributed by atoms with Gasteiger partial charge in [0.25, 0.3) is 0 Å². The first-order chi connectivity index (χ1) is 8.58. The molecule has 0 radical (unpaired) electrons. The first-order valence-electron chi connectivity index (χ1n) is 6.62. The summed E-state index contributed by atoms with van der Waals surface area (Å²) in [6.45, 7) is 2.37. The minimum atomic E-state index is -1.05. The second-order valence-electron chi connectivity index (χ2n) is 5.27. The fourth-order valence-electron chi connectivity index (χ4n) is 3.29. The average molecular weight is 252 g/mol. The maximum Gasteiger partial charge on any atom is 0.141 e. The van der Waals surface area contributed by atoms with Gasteiger partial charge in [0, 0.05) is 12.0 Å². The predicted octanol–water partition coefficient (Wildman–Crippen LogP) is 2.34. The minimum Gasteiger partial charge on any atom is -0.383 e. The third-order valence-electron chi connectivity index (χ3n) is 4.49. The molecule has 1 aliphatic rings. The molecule has 2 rings (SSSR count). The van der Waals surface area contributed by atoms with Gasteiger partial charge in [-0.25, -0.2) is 4.39 Å². The van der Waals surface area contributed by atoms with Crippen LogP contribution in [0.4, 0.5) is 4.39 Å². The lowest BCUT2D eigenvalue weighted by atomic mass is 9.67. The number of nitrogens with two attached hydrogens (primary N) is 1. The highest BCUT2D eigenvalue weighted by Gasteiger charge is 2.51. The SMILES string of the molecule is CCC(O)(c1ccc(F)cn1)C1(CN)CCCC1. The van der Waals surface area contributed by atoms with Gasteiger partial charge in [-0.1, -0.05) is 19.8 Å². The zero-order valence-electron chi connectivity index (χ0n) is 10.8. The molecule has 1 unspecified atom stereocenters. The van der Waals surface area contributed by atoms with Crippen LogP contribution in [-0.4, -0.2) is 16.6 Å². The summed E-state index contributed by atoms with van der Waals surface area (Å²) >= 11 is 0. The van der Waals surface area contributed by atoms with Gasteiger partial charge in [-0.3, -0.25) is 4.98 Å². The molecule has 0 spiro atoms. The second-order valence-corrected chi connectivity index (χ2v) is 5.27. The maximum absolute atomic E-state index is 13.0. The highest BCUT2D eigenvalue weighted by molar-refractivity contribution is 5.19. The van der Waals surface area contributed by atoms with Crippen molar-refractivity contribution in [2.45, 2.75) is 44.6 Å². The molecule has 1 aromatic heterocycles. The molecule has 0 amide bonds. The molecular formula is C14H21FN2O. The molecule has 100 valence electrons. The van der Waals surface area contributed by atoms with E-state index in [0.29, 0.717) is 18.7 Å². The van der Waals surface area contributed by atoms with Crippen molar-refractivity contribution >= 4 is 0 Å². The number of hydrogen-bond acceptors (Lipinski definition) is 3. The number of pyridine rings is 1. The van der Waals surface area contributed by atoms with Gasteiger partial charge in [0.05, 0.1) is 11.9 Å². The van der Waals surface area contributed by atoms with Crippen LogP contribution >= 0.6 is 0 Å². The summed E-state index contributed by atoms with van der Waals surface area (Å²) in [6, 6.07) is 2.93. The molecule has 0 aliphatic heterocycles. The van der Waals surface area contributed by atoms with E-state index in [4.69, 9.17) is 5.73 Å². The van der Waals surface area contributed by atoms with Crippen molar-refractivity contribution in [3.8, 4) is 0 Å². The van der Waals surface area contributed by atoms with Crippen molar-refractivity contribution in [3.63, 3.8) is 0 Å². The first-order valence-corrected chi connectivity index (χ1v) is 6.62. The summed E-state index contributed by atoms with van der Waals surface area (Å²) < 4.78 is 13.0. The molecule has 3 N–H and O–H groups in total. The Kier molecular flexibility index (Phi) is 3.69. The van der Waals surface area contributed by atoms with Gasteiger partial charge in [0.15, 0.2) is 0 Å². The number of rotatable bonds is 4. The van der Waals surface area contributed by atoms with Gasteiger partial charge in [-0.05, 0) is 31.4 Å². The molecule has 0 bridgehead atoms. The van der Waals surface area contributed by atoms with Crippen LogP contribution in [0.5, 0.6) is 0 Å². The van der Waals surface area contributed by atoms with Gasteiger partial charge in [-0.15, -0.1) is 0 Å². The van der Waals surface area contributed by atoms with Crippen molar-refractivity contribution in [3.05, 3.63) is 29.8 Å². The summed E-state index contributed by atoms with van der Waals surface area (Å²) in [5, 5.41) is 11.1. The number of aliphatic hydroxyl groups is 1. The summed E-state index contributed by atoms with van der Waals surface area (Å²) in [7, 11) is 0. The largest absolute Gasteiger partial charge is 0.383 e. The van der Waals surface area contributed by atoms with Crippen molar-refractivity contribution in [1.82, 2.24) is 4.98 Å². The van der Waals surface area contributed by atoms with Crippen LogP contribution in [0.15, 0.2) is 18.3 Å². The van der Waals surface area contributed by atoms with Crippen molar-refractivity contribution < 1.29 is 9.50 Å². The third-order valence-corrected chi connectivity index (χ3v) is 4.49. The van der Waals surface area contributed by atoms with E-state index in [-0.39, 0.29) is 11.2 Å². The molecular weight excluding hydrogens is 231 g/mol. The lowest BCUT2D eigenvalue weighted by molar-refractivity contribution is -0.0916. The van der Waals surface area contributed by atoms with Crippen LogP contribution < -0.4 is 5.73 Å². The monoisotopic (exact) mass is 252 g/mol. The summed E-state index contributed by atoms with van der Waals surface area (Å²) in [6.07, 6.45) is 5.69. The van der Waals surface area contributed by atoms with Crippen molar-refractivity contribution in [2.75, 3.05) is 6.54 Å². The van der Waals surface area contributed by atoms with Crippen LogP contribution in [0.2, 0.25) is 0 Å². The quantitative estimate of drug-likeness (QED) is 0.864. The van der Waals surface area contributed by atoms with E-state index in [1.807, 2.05) is 6.92 Å².